The van der Waals surface area contributed by atoms with Crippen LogP contribution in [0.4, 0.5) is 17.1 Å². The van der Waals surface area contributed by atoms with Gasteiger partial charge in [0.25, 0.3) is 0 Å². The average Bonchev–Trinajstić information content (AvgIpc) is 3.67. The van der Waals surface area contributed by atoms with E-state index < -0.39 is 24.2 Å². The topological polar surface area (TPSA) is 16.4 Å². The van der Waals surface area contributed by atoms with Gasteiger partial charge in [-0.15, -0.1) is 0 Å². The number of hydrogen-bond acceptors (Lipinski definition) is 2. The van der Waals surface area contributed by atoms with Crippen molar-refractivity contribution in [3.63, 3.8) is 0 Å². The summed E-state index contributed by atoms with van der Waals surface area (Å²) in [7, 11) is 0. The number of hydrogen-bond donors (Lipinski definition) is 0. The Bertz CT molecular complexity index is 3310. The zero-order valence-corrected chi connectivity index (χ0v) is 27.8. The van der Waals surface area contributed by atoms with E-state index in [4.69, 9.17) is 4.42 Å². The van der Waals surface area contributed by atoms with Crippen LogP contribution in [0.3, 0.4) is 0 Å². The summed E-state index contributed by atoms with van der Waals surface area (Å²) >= 11 is 0. The summed E-state index contributed by atoms with van der Waals surface area (Å²) in [6.07, 6.45) is 0. The predicted molar refractivity (Wildman–Crippen MR) is 220 cm³/mol. The molecule has 1 aromatic heterocycles. The fraction of sp³-hybridized carbons (Fsp3) is 0. The second kappa shape index (κ2) is 12.5. The van der Waals surface area contributed by atoms with Gasteiger partial charge in [-0.1, -0.05) is 158 Å². The van der Waals surface area contributed by atoms with Gasteiger partial charge >= 0.3 is 0 Å². The maximum Gasteiger partial charge on any atom is 0.137 e. The Kier molecular flexibility index (Phi) is 5.45. The zero-order chi connectivity index (χ0) is 41.4. The molecule has 2 nitrogen and oxygen atoms in total. The molecule has 0 amide bonds. The molecule has 2 heteroatoms. The molecule has 10 rings (SSSR count). The van der Waals surface area contributed by atoms with Crippen LogP contribution in [0.1, 0.15) is 11.0 Å². The molecule has 9 aromatic carbocycles. The van der Waals surface area contributed by atoms with E-state index in [0.717, 1.165) is 32.7 Å². The maximum atomic E-state index is 9.60. The summed E-state index contributed by atoms with van der Waals surface area (Å²) in [4.78, 5) is 1.35. The molecule has 0 saturated carbocycles. The van der Waals surface area contributed by atoms with Gasteiger partial charge in [0.1, 0.15) is 11.2 Å². The van der Waals surface area contributed by atoms with Crippen LogP contribution in [0.5, 0.6) is 0 Å². The summed E-state index contributed by atoms with van der Waals surface area (Å²) in [6, 6.07) is 44.4. The molecular formula is C50H33NO. The Hall–Kier alpha value is -6.90. The molecule has 0 atom stereocenters. The van der Waals surface area contributed by atoms with Crippen molar-refractivity contribution >= 4 is 60.5 Å². The summed E-state index contributed by atoms with van der Waals surface area (Å²) < 4.78 is 82.3. The van der Waals surface area contributed by atoms with Crippen molar-refractivity contribution in [3.05, 3.63) is 200 Å². The molecule has 10 aromatic rings. The second-order valence-electron chi connectivity index (χ2n) is 12.7. The predicted octanol–water partition coefficient (Wildman–Crippen LogP) is 14.4. The molecule has 244 valence electrons. The number of furan rings is 1. The number of fused-ring (bicyclic) bond motifs is 5. The van der Waals surface area contributed by atoms with E-state index in [1.165, 1.54) is 4.90 Å². The van der Waals surface area contributed by atoms with Crippen LogP contribution < -0.4 is 4.90 Å². The van der Waals surface area contributed by atoms with Crippen LogP contribution in [0, 0.1) is 0 Å². The first-order valence-corrected chi connectivity index (χ1v) is 17.1. The standard InChI is InChI=1S/C50H33NO/c1-3-14-42-36(10-1)12-7-17-44(42)38-24-22-34(23-25-38)35-26-30-40(31-27-35)51(47-19-9-21-49-50(47)46-16-5-6-20-48(46)52-49)41-32-28-39(29-33-41)45-18-8-13-37-11-2-4-15-43(37)45/h1-33H/i26D,27D,28D,29D,30D,31D,32D,33D. The molecule has 0 unspecified atom stereocenters. The Morgan fingerprint density at radius 1 is 0.365 bits per heavy atom. The van der Waals surface area contributed by atoms with Crippen molar-refractivity contribution in [3.8, 4) is 33.4 Å². The SMILES string of the molecule is [2H]c1c([2H])c(N(c2c([2H])c([2H])c(-c3cccc4ccccc34)c([2H])c2[2H])c2cccc3oc4ccccc4c23)c([2H])c([2H])c1-c1ccc(-c2cccc3ccccc23)cc1. The fourth-order valence-corrected chi connectivity index (χ4v) is 7.15. The van der Waals surface area contributed by atoms with E-state index in [1.54, 1.807) is 36.4 Å². The molecule has 0 aliphatic carbocycles. The van der Waals surface area contributed by atoms with E-state index >= 15 is 0 Å². The third-order valence-electron chi connectivity index (χ3n) is 9.63. The van der Waals surface area contributed by atoms with Gasteiger partial charge < -0.3 is 9.32 Å². The minimum atomic E-state index is -0.413. The lowest BCUT2D eigenvalue weighted by atomic mass is 9.96. The number of anilines is 3. The largest absolute Gasteiger partial charge is 0.456 e. The van der Waals surface area contributed by atoms with E-state index in [1.807, 2.05) is 97.1 Å². The molecule has 0 bridgehead atoms. The minimum absolute atomic E-state index is 0.0935. The summed E-state index contributed by atoms with van der Waals surface area (Å²) in [5, 5.41) is 5.06. The van der Waals surface area contributed by atoms with Crippen molar-refractivity contribution < 1.29 is 15.4 Å². The van der Waals surface area contributed by atoms with Crippen molar-refractivity contribution in [1.82, 2.24) is 0 Å². The Balaban J connectivity index is 1.21. The molecule has 0 aliphatic heterocycles. The van der Waals surface area contributed by atoms with Gasteiger partial charge in [-0.2, -0.15) is 0 Å². The van der Waals surface area contributed by atoms with Crippen LogP contribution in [0.25, 0.3) is 76.9 Å². The molecule has 0 aliphatic rings. The lowest BCUT2D eigenvalue weighted by Gasteiger charge is -2.26. The first-order valence-electron chi connectivity index (χ1n) is 21.1. The normalized spacial score (nSPS) is 13.6. The molecule has 0 fully saturated rings. The highest BCUT2D eigenvalue weighted by molar-refractivity contribution is 6.13. The van der Waals surface area contributed by atoms with Crippen LogP contribution in [-0.2, 0) is 0 Å². The number of nitrogens with zero attached hydrogens (tertiary/aromatic N) is 1. The van der Waals surface area contributed by atoms with Crippen LogP contribution in [0.2, 0.25) is 0 Å². The minimum Gasteiger partial charge on any atom is -0.456 e. The lowest BCUT2D eigenvalue weighted by molar-refractivity contribution is 0.669. The van der Waals surface area contributed by atoms with Crippen LogP contribution >= 0.6 is 0 Å². The lowest BCUT2D eigenvalue weighted by Crippen LogP contribution is -2.10. The number of para-hydroxylation sites is 1. The van der Waals surface area contributed by atoms with Crippen molar-refractivity contribution in [1.29, 1.82) is 0 Å². The van der Waals surface area contributed by atoms with Gasteiger partial charge in [-0.05, 0) is 97.3 Å². The quantitative estimate of drug-likeness (QED) is 0.175. The van der Waals surface area contributed by atoms with E-state index in [-0.39, 0.29) is 46.7 Å². The molecule has 0 N–H and O–H groups in total. The molecule has 52 heavy (non-hydrogen) atoms. The van der Waals surface area contributed by atoms with Crippen molar-refractivity contribution in [2.45, 2.75) is 0 Å². The van der Waals surface area contributed by atoms with E-state index in [2.05, 4.69) is 18.2 Å². The highest BCUT2D eigenvalue weighted by atomic mass is 16.3. The molecule has 0 radical (unpaired) electrons. The third kappa shape index (κ3) is 5.12. The number of rotatable bonds is 6. The van der Waals surface area contributed by atoms with Gasteiger partial charge in [0, 0.05) is 16.8 Å². The highest BCUT2D eigenvalue weighted by Crippen LogP contribution is 2.44. The van der Waals surface area contributed by atoms with Crippen molar-refractivity contribution in [2.75, 3.05) is 4.90 Å². The van der Waals surface area contributed by atoms with Gasteiger partial charge in [0.2, 0.25) is 0 Å². The first kappa shape index (κ1) is 22.7. The summed E-state index contributed by atoms with van der Waals surface area (Å²) in [6.45, 7) is 0. The molecule has 0 saturated heterocycles. The fourth-order valence-electron chi connectivity index (χ4n) is 7.15. The Morgan fingerprint density at radius 2 is 0.846 bits per heavy atom. The first-order chi connectivity index (χ1) is 29.1. The van der Waals surface area contributed by atoms with Gasteiger partial charge in [0.05, 0.1) is 22.0 Å². The molecule has 0 spiro atoms. The van der Waals surface area contributed by atoms with Crippen molar-refractivity contribution in [2.24, 2.45) is 0 Å². The summed E-state index contributed by atoms with van der Waals surface area (Å²) in [5.41, 5.74) is 4.07. The second-order valence-corrected chi connectivity index (χ2v) is 12.7. The Labute approximate surface area is 313 Å². The van der Waals surface area contributed by atoms with Gasteiger partial charge in [0.15, 0.2) is 0 Å². The molecule has 1 heterocycles. The Morgan fingerprint density at radius 3 is 1.50 bits per heavy atom. The molecular weight excluding hydrogens is 631 g/mol. The summed E-state index contributed by atoms with van der Waals surface area (Å²) in [5.74, 6) is 0. The smallest absolute Gasteiger partial charge is 0.137 e. The van der Waals surface area contributed by atoms with Crippen LogP contribution in [-0.4, -0.2) is 0 Å². The van der Waals surface area contributed by atoms with Gasteiger partial charge in [-0.25, -0.2) is 0 Å². The number of benzene rings is 9. The van der Waals surface area contributed by atoms with E-state index in [0.29, 0.717) is 38.8 Å². The third-order valence-corrected chi connectivity index (χ3v) is 9.63. The highest BCUT2D eigenvalue weighted by Gasteiger charge is 2.19. The average molecular weight is 672 g/mol. The monoisotopic (exact) mass is 671 g/mol. The van der Waals surface area contributed by atoms with E-state index in [9.17, 15) is 11.0 Å². The van der Waals surface area contributed by atoms with Crippen LogP contribution in [0.15, 0.2) is 204 Å². The van der Waals surface area contributed by atoms with Gasteiger partial charge in [-0.3, -0.25) is 0 Å². The maximum absolute atomic E-state index is 9.60. The zero-order valence-electron chi connectivity index (χ0n) is 35.8.